The summed E-state index contributed by atoms with van der Waals surface area (Å²) in [5.41, 5.74) is 0. The summed E-state index contributed by atoms with van der Waals surface area (Å²) in [5, 5.41) is 13.3. The average molecular weight is 368 g/mol. The van der Waals surface area contributed by atoms with Gasteiger partial charge in [-0.2, -0.15) is 0 Å². The molecule has 4 nitrogen and oxygen atoms in total. The fraction of sp³-hybridized carbons (Fsp3) is 1.00. The molecule has 2 heterocycles. The lowest BCUT2D eigenvalue weighted by molar-refractivity contribution is 0.0902. The first kappa shape index (κ1) is 22.1. The van der Waals surface area contributed by atoms with Crippen molar-refractivity contribution in [3.63, 3.8) is 0 Å². The number of piperidine rings is 1. The highest BCUT2D eigenvalue weighted by molar-refractivity contribution is 4.78. The highest BCUT2D eigenvalue weighted by Gasteiger charge is 2.22. The number of hydrogen-bond donors (Lipinski definition) is 2. The lowest BCUT2D eigenvalue weighted by atomic mass is 9.93. The van der Waals surface area contributed by atoms with Crippen LogP contribution in [-0.2, 0) is 0 Å². The van der Waals surface area contributed by atoms with E-state index in [0.717, 1.165) is 31.5 Å². The Hall–Kier alpha value is -0.160. The first-order valence-electron chi connectivity index (χ1n) is 11.4. The molecule has 0 aromatic rings. The van der Waals surface area contributed by atoms with Crippen molar-refractivity contribution in [2.24, 2.45) is 11.8 Å². The molecule has 0 spiro atoms. The van der Waals surface area contributed by atoms with E-state index in [2.05, 4.69) is 35.9 Å². The molecule has 0 aromatic heterocycles. The Morgan fingerprint density at radius 2 is 1.81 bits per heavy atom. The smallest absolute Gasteiger partial charge is 0.0586 e. The maximum Gasteiger partial charge on any atom is 0.0586 e. The maximum atomic E-state index is 9.54. The van der Waals surface area contributed by atoms with Crippen LogP contribution >= 0.6 is 0 Å². The molecule has 0 aromatic carbocycles. The van der Waals surface area contributed by atoms with Crippen LogP contribution < -0.4 is 5.32 Å². The summed E-state index contributed by atoms with van der Waals surface area (Å²) in [6.07, 6.45) is 10.6. The van der Waals surface area contributed by atoms with Gasteiger partial charge in [-0.05, 0) is 89.9 Å². The van der Waals surface area contributed by atoms with Gasteiger partial charge in [0.25, 0.3) is 0 Å². The molecule has 2 saturated heterocycles. The summed E-state index contributed by atoms with van der Waals surface area (Å²) in [4.78, 5) is 5.19. The quantitative estimate of drug-likeness (QED) is 0.621. The standard InChI is InChI=1S/C22H45N3O/c1-19(2)9-14-24-12-6-7-21(10-15-24)17-20(3)23-11-16-25-13-5-4-8-22(25)18-26/h19-23,26H,4-18H2,1-3H3. The molecule has 2 aliphatic rings. The third-order valence-electron chi connectivity index (χ3n) is 6.50. The molecule has 0 amide bonds. The topological polar surface area (TPSA) is 38.7 Å². The van der Waals surface area contributed by atoms with Crippen LogP contribution in [0.1, 0.15) is 72.1 Å². The Morgan fingerprint density at radius 3 is 2.58 bits per heavy atom. The average Bonchev–Trinajstić information content (AvgIpc) is 2.85. The van der Waals surface area contributed by atoms with Gasteiger partial charge in [0.05, 0.1) is 6.61 Å². The number of rotatable bonds is 10. The van der Waals surface area contributed by atoms with Crippen LogP contribution in [0.5, 0.6) is 0 Å². The van der Waals surface area contributed by atoms with E-state index in [1.807, 2.05) is 0 Å². The van der Waals surface area contributed by atoms with Crippen molar-refractivity contribution in [1.29, 1.82) is 0 Å². The predicted molar refractivity (Wildman–Crippen MR) is 112 cm³/mol. The van der Waals surface area contributed by atoms with Gasteiger partial charge in [-0.1, -0.05) is 20.3 Å². The molecule has 0 bridgehead atoms. The number of nitrogens with zero attached hydrogens (tertiary/aromatic N) is 2. The van der Waals surface area contributed by atoms with Crippen molar-refractivity contribution in [1.82, 2.24) is 15.1 Å². The Kier molecular flexibility index (Phi) is 10.5. The molecule has 2 rings (SSSR count). The monoisotopic (exact) mass is 367 g/mol. The molecule has 4 heteroatoms. The maximum absolute atomic E-state index is 9.54. The third kappa shape index (κ3) is 8.24. The lowest BCUT2D eigenvalue weighted by Crippen LogP contribution is -2.46. The van der Waals surface area contributed by atoms with Gasteiger partial charge in [-0.15, -0.1) is 0 Å². The molecule has 0 saturated carbocycles. The normalized spacial score (nSPS) is 27.6. The van der Waals surface area contributed by atoms with E-state index in [1.54, 1.807) is 0 Å². The number of hydrogen-bond acceptors (Lipinski definition) is 4. The molecule has 0 aliphatic carbocycles. The molecule has 3 unspecified atom stereocenters. The van der Waals surface area contributed by atoms with Crippen LogP contribution in [-0.4, -0.2) is 72.9 Å². The van der Waals surface area contributed by atoms with Gasteiger partial charge in [0.15, 0.2) is 0 Å². The van der Waals surface area contributed by atoms with E-state index in [1.165, 1.54) is 71.0 Å². The second-order valence-electron chi connectivity index (χ2n) is 9.28. The van der Waals surface area contributed by atoms with E-state index >= 15 is 0 Å². The predicted octanol–water partition coefficient (Wildman–Crippen LogP) is 3.35. The number of aliphatic hydroxyl groups excluding tert-OH is 1. The molecule has 26 heavy (non-hydrogen) atoms. The summed E-state index contributed by atoms with van der Waals surface area (Å²) in [7, 11) is 0. The van der Waals surface area contributed by atoms with E-state index < -0.39 is 0 Å². The highest BCUT2D eigenvalue weighted by Crippen LogP contribution is 2.23. The summed E-state index contributed by atoms with van der Waals surface area (Å²) >= 11 is 0. The first-order chi connectivity index (χ1) is 12.6. The van der Waals surface area contributed by atoms with Crippen LogP contribution in [0, 0.1) is 11.8 Å². The van der Waals surface area contributed by atoms with Crippen molar-refractivity contribution in [2.75, 3.05) is 45.9 Å². The third-order valence-corrected chi connectivity index (χ3v) is 6.50. The zero-order chi connectivity index (χ0) is 18.8. The SMILES string of the molecule is CC(C)CCN1CCCC(CC(C)NCCN2CCCCC2CO)CC1. The van der Waals surface area contributed by atoms with Crippen molar-refractivity contribution in [2.45, 2.75) is 84.2 Å². The van der Waals surface area contributed by atoms with Gasteiger partial charge in [-0.3, -0.25) is 4.90 Å². The Bertz CT molecular complexity index is 363. The molecular weight excluding hydrogens is 322 g/mol. The summed E-state index contributed by atoms with van der Waals surface area (Å²) in [6, 6.07) is 1.01. The molecule has 154 valence electrons. The lowest BCUT2D eigenvalue weighted by Gasteiger charge is -2.35. The molecule has 3 atom stereocenters. The van der Waals surface area contributed by atoms with Crippen LogP contribution in [0.3, 0.4) is 0 Å². The largest absolute Gasteiger partial charge is 0.395 e. The molecule has 2 N–H and O–H groups in total. The van der Waals surface area contributed by atoms with Gasteiger partial charge in [0.1, 0.15) is 0 Å². The van der Waals surface area contributed by atoms with Gasteiger partial charge < -0.3 is 15.3 Å². The summed E-state index contributed by atoms with van der Waals surface area (Å²) < 4.78 is 0. The Balaban J connectivity index is 1.60. The van der Waals surface area contributed by atoms with Gasteiger partial charge >= 0.3 is 0 Å². The zero-order valence-electron chi connectivity index (χ0n) is 17.8. The van der Waals surface area contributed by atoms with Crippen LogP contribution in [0.15, 0.2) is 0 Å². The summed E-state index contributed by atoms with van der Waals surface area (Å²) in [5.74, 6) is 1.71. The minimum atomic E-state index is 0.324. The van der Waals surface area contributed by atoms with Gasteiger partial charge in [-0.25, -0.2) is 0 Å². The van der Waals surface area contributed by atoms with Crippen molar-refractivity contribution < 1.29 is 5.11 Å². The minimum absolute atomic E-state index is 0.324. The van der Waals surface area contributed by atoms with Crippen LogP contribution in [0.25, 0.3) is 0 Å². The van der Waals surface area contributed by atoms with Gasteiger partial charge in [0.2, 0.25) is 0 Å². The first-order valence-corrected chi connectivity index (χ1v) is 11.4. The van der Waals surface area contributed by atoms with Gasteiger partial charge in [0, 0.05) is 25.2 Å². The van der Waals surface area contributed by atoms with E-state index in [-0.39, 0.29) is 0 Å². The van der Waals surface area contributed by atoms with Crippen LogP contribution in [0.2, 0.25) is 0 Å². The zero-order valence-corrected chi connectivity index (χ0v) is 17.8. The van der Waals surface area contributed by atoms with Crippen LogP contribution in [0.4, 0.5) is 0 Å². The van der Waals surface area contributed by atoms with E-state index in [4.69, 9.17) is 0 Å². The van der Waals surface area contributed by atoms with Crippen molar-refractivity contribution in [3.8, 4) is 0 Å². The fourth-order valence-corrected chi connectivity index (χ4v) is 4.72. The van der Waals surface area contributed by atoms with Crippen molar-refractivity contribution in [3.05, 3.63) is 0 Å². The molecule has 2 fully saturated rings. The molecule has 2 aliphatic heterocycles. The second-order valence-corrected chi connectivity index (χ2v) is 9.28. The minimum Gasteiger partial charge on any atom is -0.395 e. The van der Waals surface area contributed by atoms with Crippen molar-refractivity contribution >= 4 is 0 Å². The summed E-state index contributed by atoms with van der Waals surface area (Å²) in [6.45, 7) is 14.6. The Labute approximate surface area is 162 Å². The number of nitrogens with one attached hydrogen (secondary N) is 1. The number of likely N-dealkylation sites (tertiary alicyclic amines) is 2. The highest BCUT2D eigenvalue weighted by atomic mass is 16.3. The fourth-order valence-electron chi connectivity index (χ4n) is 4.72. The Morgan fingerprint density at radius 1 is 0.962 bits per heavy atom. The molecular formula is C22H45N3O. The van der Waals surface area contributed by atoms with E-state index in [0.29, 0.717) is 18.7 Å². The number of aliphatic hydroxyl groups is 1. The second kappa shape index (κ2) is 12.3. The van der Waals surface area contributed by atoms with E-state index in [9.17, 15) is 5.11 Å². The molecule has 0 radical (unpaired) electrons.